The second-order valence-corrected chi connectivity index (χ2v) is 7.15. The molecule has 4 heteroatoms. The number of pyridine rings is 1. The largest absolute Gasteiger partial charge is 0.417 e. The van der Waals surface area contributed by atoms with Crippen LogP contribution in [0.15, 0.2) is 30.5 Å². The second kappa shape index (κ2) is 7.42. The zero-order chi connectivity index (χ0) is 20.6. The van der Waals surface area contributed by atoms with E-state index in [0.29, 0.717) is 12.1 Å². The van der Waals surface area contributed by atoms with E-state index >= 15 is 0 Å². The van der Waals surface area contributed by atoms with Gasteiger partial charge in [-0.3, -0.25) is 4.98 Å². The van der Waals surface area contributed by atoms with Gasteiger partial charge in [0.15, 0.2) is 0 Å². The first-order valence-electron chi connectivity index (χ1n) is 9.44. The van der Waals surface area contributed by atoms with E-state index in [-0.39, 0.29) is 0 Å². The van der Waals surface area contributed by atoms with E-state index in [9.17, 15) is 13.2 Å². The number of hydrogen-bond acceptors (Lipinski definition) is 1. The van der Waals surface area contributed by atoms with Crippen molar-refractivity contribution in [3.05, 3.63) is 74.4 Å². The van der Waals surface area contributed by atoms with E-state index < -0.39 is 11.7 Å². The Morgan fingerprint density at radius 1 is 0.929 bits per heavy atom. The molecule has 1 nitrogen and oxygen atoms in total. The van der Waals surface area contributed by atoms with Gasteiger partial charge in [-0.2, -0.15) is 13.2 Å². The number of rotatable bonds is 4. The van der Waals surface area contributed by atoms with Crippen molar-refractivity contribution in [3.63, 3.8) is 0 Å². The van der Waals surface area contributed by atoms with Crippen LogP contribution >= 0.6 is 0 Å². The first-order valence-corrected chi connectivity index (χ1v) is 9.44. The molecule has 0 aliphatic rings. The Balaban J connectivity index is 2.14. The van der Waals surface area contributed by atoms with Crippen molar-refractivity contribution in [3.8, 4) is 0 Å². The highest BCUT2D eigenvalue weighted by Gasteiger charge is 2.30. The van der Waals surface area contributed by atoms with E-state index in [2.05, 4.69) is 44.1 Å². The summed E-state index contributed by atoms with van der Waals surface area (Å²) in [5, 5.41) is 4.01. The Bertz CT molecular complexity index is 1130. The standard InChI is InChI=1S/C24H24F3N/c1-6-17-10-22-15(4)14(3)21(16(5)23(22)11-18(17)7-2)12-20-9-8-19(13-28-20)24(25,26)27/h8-11,13H,4-7,12H2,1-3H3. The van der Waals surface area contributed by atoms with Crippen LogP contribution in [0.1, 0.15) is 47.4 Å². The number of hydrogen-bond donors (Lipinski definition) is 0. The highest BCUT2D eigenvalue weighted by molar-refractivity contribution is 5.87. The summed E-state index contributed by atoms with van der Waals surface area (Å²) < 4.78 is 38.3. The molecule has 0 aliphatic carbocycles. The summed E-state index contributed by atoms with van der Waals surface area (Å²) in [6, 6.07) is 6.91. The van der Waals surface area contributed by atoms with Gasteiger partial charge in [-0.25, -0.2) is 0 Å². The average Bonchev–Trinajstić information content (AvgIpc) is 2.68. The maximum absolute atomic E-state index is 12.8. The van der Waals surface area contributed by atoms with Crippen LogP contribution < -0.4 is 10.4 Å². The second-order valence-electron chi connectivity index (χ2n) is 7.15. The summed E-state index contributed by atoms with van der Waals surface area (Å²) in [5.41, 5.74) is 4.46. The van der Waals surface area contributed by atoms with Gasteiger partial charge in [0.2, 0.25) is 0 Å². The highest BCUT2D eigenvalue weighted by atomic mass is 19.4. The van der Waals surface area contributed by atoms with Crippen molar-refractivity contribution in [2.24, 2.45) is 0 Å². The predicted octanol–water partition coefficient (Wildman–Crippen LogP) is 5.10. The van der Waals surface area contributed by atoms with Crippen molar-refractivity contribution in [1.29, 1.82) is 0 Å². The molecule has 3 aromatic rings. The Morgan fingerprint density at radius 2 is 1.50 bits per heavy atom. The zero-order valence-electron chi connectivity index (χ0n) is 16.5. The molecule has 3 rings (SSSR count). The molecule has 0 amide bonds. The van der Waals surface area contributed by atoms with Gasteiger partial charge >= 0.3 is 6.18 Å². The van der Waals surface area contributed by atoms with E-state index in [1.54, 1.807) is 0 Å². The first-order chi connectivity index (χ1) is 13.2. The van der Waals surface area contributed by atoms with Gasteiger partial charge in [0, 0.05) is 18.3 Å². The van der Waals surface area contributed by atoms with Crippen molar-refractivity contribution in [1.82, 2.24) is 4.98 Å². The number of benzene rings is 2. The van der Waals surface area contributed by atoms with Gasteiger partial charge in [-0.15, -0.1) is 0 Å². The van der Waals surface area contributed by atoms with Gasteiger partial charge in [-0.05, 0) is 75.4 Å². The number of fused-ring (bicyclic) bond motifs is 1. The van der Waals surface area contributed by atoms with Crippen LogP contribution in [-0.4, -0.2) is 4.98 Å². The minimum absolute atomic E-state index is 0.429. The average molecular weight is 383 g/mol. The van der Waals surface area contributed by atoms with Gasteiger partial charge < -0.3 is 0 Å². The van der Waals surface area contributed by atoms with Crippen LogP contribution in [0, 0.1) is 6.92 Å². The molecule has 0 fully saturated rings. The van der Waals surface area contributed by atoms with Crippen LogP contribution in [0.25, 0.3) is 23.9 Å². The fourth-order valence-electron chi connectivity index (χ4n) is 3.74. The molecule has 0 atom stereocenters. The van der Waals surface area contributed by atoms with E-state index in [1.807, 2.05) is 6.92 Å². The molecule has 2 aromatic carbocycles. The lowest BCUT2D eigenvalue weighted by atomic mass is 9.90. The molecule has 0 bridgehead atoms. The molecule has 28 heavy (non-hydrogen) atoms. The van der Waals surface area contributed by atoms with Crippen molar-refractivity contribution in [2.75, 3.05) is 0 Å². The summed E-state index contributed by atoms with van der Waals surface area (Å²) in [6.07, 6.45) is -1.16. The van der Waals surface area contributed by atoms with Crippen LogP contribution in [-0.2, 0) is 25.4 Å². The van der Waals surface area contributed by atoms with Gasteiger partial charge in [0.25, 0.3) is 0 Å². The molecule has 1 aromatic heterocycles. The fourth-order valence-corrected chi connectivity index (χ4v) is 3.74. The molecule has 0 radical (unpaired) electrons. The highest BCUT2D eigenvalue weighted by Crippen LogP contribution is 2.28. The van der Waals surface area contributed by atoms with E-state index in [0.717, 1.165) is 57.4 Å². The lowest BCUT2D eigenvalue weighted by Crippen LogP contribution is -2.21. The monoisotopic (exact) mass is 383 g/mol. The van der Waals surface area contributed by atoms with Crippen LogP contribution in [0.3, 0.4) is 0 Å². The van der Waals surface area contributed by atoms with Crippen molar-refractivity contribution < 1.29 is 13.2 Å². The molecule has 0 unspecified atom stereocenters. The SMILES string of the molecule is C=c1c(C)c(Cc2ccc(C(F)(F)F)cn2)c(=C)c2cc(CC)c(CC)cc12. The molecular formula is C24H24F3N. The Morgan fingerprint density at radius 3 is 1.96 bits per heavy atom. The number of aromatic nitrogens is 1. The molecule has 0 N–H and O–H groups in total. The van der Waals surface area contributed by atoms with E-state index in [1.165, 1.54) is 17.2 Å². The molecule has 146 valence electrons. The summed E-state index contributed by atoms with van der Waals surface area (Å²) in [4.78, 5) is 4.03. The predicted molar refractivity (Wildman–Crippen MR) is 110 cm³/mol. The summed E-state index contributed by atoms with van der Waals surface area (Å²) >= 11 is 0. The van der Waals surface area contributed by atoms with E-state index in [4.69, 9.17) is 0 Å². The molecule has 1 heterocycles. The number of nitrogens with zero attached hydrogens (tertiary/aromatic N) is 1. The van der Waals surface area contributed by atoms with Crippen LogP contribution in [0.5, 0.6) is 0 Å². The number of halogens is 3. The Kier molecular flexibility index (Phi) is 5.33. The van der Waals surface area contributed by atoms with Gasteiger partial charge in [-0.1, -0.05) is 39.1 Å². The lowest BCUT2D eigenvalue weighted by Gasteiger charge is -2.15. The van der Waals surface area contributed by atoms with Crippen molar-refractivity contribution >= 4 is 23.9 Å². The Labute approximate surface area is 163 Å². The van der Waals surface area contributed by atoms with Crippen LogP contribution in [0.4, 0.5) is 13.2 Å². The van der Waals surface area contributed by atoms with Gasteiger partial charge in [0.1, 0.15) is 0 Å². The third kappa shape index (κ3) is 3.56. The molecule has 0 spiro atoms. The summed E-state index contributed by atoms with van der Waals surface area (Å²) in [5.74, 6) is 0. The quantitative estimate of drug-likeness (QED) is 0.611. The smallest absolute Gasteiger partial charge is 0.260 e. The number of aryl methyl sites for hydroxylation is 2. The third-order valence-electron chi connectivity index (χ3n) is 5.53. The maximum atomic E-state index is 12.8. The third-order valence-corrected chi connectivity index (χ3v) is 5.53. The normalized spacial score (nSPS) is 11.9. The van der Waals surface area contributed by atoms with Gasteiger partial charge in [0.05, 0.1) is 5.56 Å². The fraction of sp³-hybridized carbons (Fsp3) is 0.292. The van der Waals surface area contributed by atoms with Crippen molar-refractivity contribution in [2.45, 2.75) is 46.2 Å². The summed E-state index contributed by atoms with van der Waals surface area (Å²) in [6.45, 7) is 14.8. The topological polar surface area (TPSA) is 12.9 Å². The summed E-state index contributed by atoms with van der Waals surface area (Å²) in [7, 11) is 0. The molecule has 0 aliphatic heterocycles. The maximum Gasteiger partial charge on any atom is 0.417 e. The molecule has 0 saturated heterocycles. The Hall–Kier alpha value is -2.62. The molecule has 0 saturated carbocycles. The zero-order valence-corrected chi connectivity index (χ0v) is 16.5. The minimum Gasteiger partial charge on any atom is -0.260 e. The molecular weight excluding hydrogens is 359 g/mol. The minimum atomic E-state index is -4.38. The van der Waals surface area contributed by atoms with Crippen LogP contribution in [0.2, 0.25) is 0 Å². The lowest BCUT2D eigenvalue weighted by molar-refractivity contribution is -0.137. The number of alkyl halides is 3. The first kappa shape index (κ1) is 20.1.